The van der Waals surface area contributed by atoms with Crippen LogP contribution in [0.1, 0.15) is 5.69 Å². The molecular weight excluding hydrogens is 340 g/mol. The van der Waals surface area contributed by atoms with E-state index in [0.717, 1.165) is 45.5 Å². The molecule has 6 heteroatoms. The van der Waals surface area contributed by atoms with Crippen molar-refractivity contribution in [1.29, 1.82) is 0 Å². The second-order valence-corrected chi connectivity index (χ2v) is 6.13. The number of nitrogens with zero attached hydrogens (tertiary/aromatic N) is 3. The summed E-state index contributed by atoms with van der Waals surface area (Å²) in [7, 11) is 3.32. The molecule has 0 saturated heterocycles. The SMILES string of the molecule is COc1cccc(Nc2cc(C)nc3c(-c4ccccc4OC)cnn23)c1. The maximum atomic E-state index is 5.51. The predicted octanol–water partition coefficient (Wildman–Crippen LogP) is 4.47. The lowest BCUT2D eigenvalue weighted by Crippen LogP contribution is -2.02. The summed E-state index contributed by atoms with van der Waals surface area (Å²) in [5.74, 6) is 2.40. The molecule has 0 amide bonds. The van der Waals surface area contributed by atoms with Crippen molar-refractivity contribution in [1.82, 2.24) is 14.6 Å². The Morgan fingerprint density at radius 2 is 1.78 bits per heavy atom. The maximum absolute atomic E-state index is 5.51. The van der Waals surface area contributed by atoms with Crippen molar-refractivity contribution in [3.05, 3.63) is 66.5 Å². The van der Waals surface area contributed by atoms with Crippen LogP contribution < -0.4 is 14.8 Å². The Kier molecular flexibility index (Phi) is 4.38. The average molecular weight is 360 g/mol. The van der Waals surface area contributed by atoms with Gasteiger partial charge in [-0.3, -0.25) is 0 Å². The molecule has 4 rings (SSSR count). The highest BCUT2D eigenvalue weighted by Gasteiger charge is 2.15. The number of methoxy groups -OCH3 is 2. The van der Waals surface area contributed by atoms with E-state index in [4.69, 9.17) is 14.5 Å². The van der Waals surface area contributed by atoms with E-state index in [9.17, 15) is 0 Å². The molecule has 0 spiro atoms. The molecule has 2 heterocycles. The number of ether oxygens (including phenoxy) is 2. The van der Waals surface area contributed by atoms with Crippen molar-refractivity contribution in [2.24, 2.45) is 0 Å². The van der Waals surface area contributed by atoms with Crippen molar-refractivity contribution in [3.8, 4) is 22.6 Å². The van der Waals surface area contributed by atoms with Gasteiger partial charge in [-0.2, -0.15) is 9.61 Å². The first-order valence-corrected chi connectivity index (χ1v) is 8.59. The normalized spacial score (nSPS) is 10.8. The zero-order chi connectivity index (χ0) is 18.8. The van der Waals surface area contributed by atoms with E-state index >= 15 is 0 Å². The number of fused-ring (bicyclic) bond motifs is 1. The largest absolute Gasteiger partial charge is 0.497 e. The molecule has 0 aliphatic heterocycles. The molecule has 27 heavy (non-hydrogen) atoms. The molecule has 4 aromatic rings. The number of aromatic nitrogens is 3. The monoisotopic (exact) mass is 360 g/mol. The molecule has 0 aliphatic carbocycles. The van der Waals surface area contributed by atoms with Crippen LogP contribution >= 0.6 is 0 Å². The van der Waals surface area contributed by atoms with E-state index in [0.29, 0.717) is 0 Å². The van der Waals surface area contributed by atoms with Crippen LogP contribution in [-0.4, -0.2) is 28.8 Å². The zero-order valence-electron chi connectivity index (χ0n) is 15.4. The minimum atomic E-state index is 0.768. The Labute approximate surface area is 157 Å². The smallest absolute Gasteiger partial charge is 0.165 e. The third kappa shape index (κ3) is 3.17. The van der Waals surface area contributed by atoms with Gasteiger partial charge in [-0.05, 0) is 25.1 Å². The lowest BCUT2D eigenvalue weighted by Gasteiger charge is -2.11. The van der Waals surface area contributed by atoms with Crippen molar-refractivity contribution >= 4 is 17.2 Å². The first-order chi connectivity index (χ1) is 13.2. The molecule has 0 bridgehead atoms. The van der Waals surface area contributed by atoms with Crippen molar-refractivity contribution < 1.29 is 9.47 Å². The van der Waals surface area contributed by atoms with Crippen LogP contribution in [0.5, 0.6) is 11.5 Å². The van der Waals surface area contributed by atoms with Crippen LogP contribution in [0.2, 0.25) is 0 Å². The van der Waals surface area contributed by atoms with E-state index in [2.05, 4.69) is 10.4 Å². The Bertz CT molecular complexity index is 1100. The summed E-state index contributed by atoms with van der Waals surface area (Å²) in [5, 5.41) is 7.96. The van der Waals surface area contributed by atoms with Gasteiger partial charge >= 0.3 is 0 Å². The van der Waals surface area contributed by atoms with Crippen LogP contribution in [0, 0.1) is 6.92 Å². The van der Waals surface area contributed by atoms with Gasteiger partial charge in [0, 0.05) is 29.1 Å². The van der Waals surface area contributed by atoms with Crippen LogP contribution in [0.3, 0.4) is 0 Å². The summed E-state index contributed by atoms with van der Waals surface area (Å²) in [6.07, 6.45) is 1.82. The van der Waals surface area contributed by atoms with Gasteiger partial charge in [-0.1, -0.05) is 24.3 Å². The van der Waals surface area contributed by atoms with Crippen LogP contribution in [0.4, 0.5) is 11.5 Å². The van der Waals surface area contributed by atoms with Crippen LogP contribution in [0.15, 0.2) is 60.8 Å². The standard InChI is InChI=1S/C21H20N4O2/c1-14-11-20(24-15-7-6-8-16(12-15)26-2)25-21(23-14)18(13-22-25)17-9-4-5-10-19(17)27-3/h4-13,24H,1-3H3. The third-order valence-electron chi connectivity index (χ3n) is 4.34. The molecule has 0 radical (unpaired) electrons. The fourth-order valence-electron chi connectivity index (χ4n) is 3.08. The minimum Gasteiger partial charge on any atom is -0.497 e. The molecule has 136 valence electrons. The van der Waals surface area contributed by atoms with Crippen LogP contribution in [0.25, 0.3) is 16.8 Å². The number of hydrogen-bond acceptors (Lipinski definition) is 5. The predicted molar refractivity (Wildman–Crippen MR) is 106 cm³/mol. The third-order valence-corrected chi connectivity index (χ3v) is 4.34. The lowest BCUT2D eigenvalue weighted by molar-refractivity contribution is 0.415. The Morgan fingerprint density at radius 1 is 0.926 bits per heavy atom. The quantitative estimate of drug-likeness (QED) is 0.569. The summed E-state index contributed by atoms with van der Waals surface area (Å²) < 4.78 is 12.6. The fourth-order valence-corrected chi connectivity index (χ4v) is 3.08. The first-order valence-electron chi connectivity index (χ1n) is 8.59. The molecule has 0 unspecified atom stereocenters. The molecule has 1 N–H and O–H groups in total. The first kappa shape index (κ1) is 16.9. The molecule has 0 saturated carbocycles. The summed E-state index contributed by atoms with van der Waals surface area (Å²) in [4.78, 5) is 4.70. The molecule has 0 atom stereocenters. The molecule has 0 fully saturated rings. The van der Waals surface area contributed by atoms with E-state index in [-0.39, 0.29) is 0 Å². The highest BCUT2D eigenvalue weighted by atomic mass is 16.5. The molecular formula is C21H20N4O2. The van der Waals surface area contributed by atoms with Gasteiger partial charge in [0.1, 0.15) is 17.3 Å². The Hall–Kier alpha value is -3.54. The van der Waals surface area contributed by atoms with E-state index in [1.54, 1.807) is 18.7 Å². The minimum absolute atomic E-state index is 0.768. The summed E-state index contributed by atoms with van der Waals surface area (Å²) in [6.45, 7) is 1.97. The summed E-state index contributed by atoms with van der Waals surface area (Å²) in [6, 6.07) is 17.6. The topological polar surface area (TPSA) is 60.7 Å². The average Bonchev–Trinajstić information content (AvgIpc) is 3.11. The maximum Gasteiger partial charge on any atom is 0.165 e. The van der Waals surface area contributed by atoms with E-state index in [1.165, 1.54) is 0 Å². The van der Waals surface area contributed by atoms with Crippen molar-refractivity contribution in [2.45, 2.75) is 6.92 Å². The van der Waals surface area contributed by atoms with Gasteiger partial charge < -0.3 is 14.8 Å². The van der Waals surface area contributed by atoms with E-state index in [1.807, 2.05) is 67.7 Å². The van der Waals surface area contributed by atoms with Gasteiger partial charge in [-0.25, -0.2) is 4.98 Å². The highest BCUT2D eigenvalue weighted by Crippen LogP contribution is 2.33. The van der Waals surface area contributed by atoms with Crippen molar-refractivity contribution in [3.63, 3.8) is 0 Å². The lowest BCUT2D eigenvalue weighted by atomic mass is 10.1. The molecule has 6 nitrogen and oxygen atoms in total. The fraction of sp³-hybridized carbons (Fsp3) is 0.143. The van der Waals surface area contributed by atoms with Gasteiger partial charge in [-0.15, -0.1) is 0 Å². The number of hydrogen-bond donors (Lipinski definition) is 1. The number of benzene rings is 2. The summed E-state index contributed by atoms with van der Waals surface area (Å²) >= 11 is 0. The number of anilines is 2. The second-order valence-electron chi connectivity index (χ2n) is 6.13. The number of rotatable bonds is 5. The Morgan fingerprint density at radius 3 is 2.59 bits per heavy atom. The highest BCUT2D eigenvalue weighted by molar-refractivity contribution is 5.82. The van der Waals surface area contributed by atoms with Gasteiger partial charge in [0.15, 0.2) is 5.65 Å². The number of para-hydroxylation sites is 1. The second kappa shape index (κ2) is 6.99. The van der Waals surface area contributed by atoms with Gasteiger partial charge in [0.2, 0.25) is 0 Å². The van der Waals surface area contributed by atoms with Gasteiger partial charge in [0.05, 0.1) is 26.0 Å². The molecule has 2 aromatic carbocycles. The zero-order valence-corrected chi connectivity index (χ0v) is 15.4. The molecule has 0 aliphatic rings. The van der Waals surface area contributed by atoms with Gasteiger partial charge in [0.25, 0.3) is 0 Å². The van der Waals surface area contributed by atoms with Crippen molar-refractivity contribution in [2.75, 3.05) is 19.5 Å². The summed E-state index contributed by atoms with van der Waals surface area (Å²) in [5.41, 5.74) is 4.45. The Balaban J connectivity index is 1.83. The van der Waals surface area contributed by atoms with Crippen LogP contribution in [-0.2, 0) is 0 Å². The number of aryl methyl sites for hydroxylation is 1. The molecule has 2 aromatic heterocycles. The number of nitrogens with one attached hydrogen (secondary N) is 1. The van der Waals surface area contributed by atoms with E-state index < -0.39 is 0 Å².